The molecule has 128 valence electrons. The van der Waals surface area contributed by atoms with Crippen LogP contribution in [0, 0.1) is 35.5 Å². The van der Waals surface area contributed by atoms with Crippen LogP contribution in [0.1, 0.15) is 67.2 Å². The van der Waals surface area contributed by atoms with Crippen LogP contribution in [0.15, 0.2) is 0 Å². The lowest BCUT2D eigenvalue weighted by Crippen LogP contribution is -2.61. The first-order valence-electron chi connectivity index (χ1n) is 9.01. The van der Waals surface area contributed by atoms with Crippen LogP contribution >= 0.6 is 0 Å². The molecule has 1 saturated heterocycles. The van der Waals surface area contributed by atoms with E-state index in [0.717, 1.165) is 12.8 Å². The van der Waals surface area contributed by atoms with E-state index >= 15 is 0 Å². The zero-order chi connectivity index (χ0) is 16.1. The van der Waals surface area contributed by atoms with Gasteiger partial charge in [0.25, 0.3) is 0 Å². The Labute approximate surface area is 134 Å². The third kappa shape index (κ3) is 2.62. The smallest absolute Gasteiger partial charge is 0.195 e. The molecule has 22 heavy (non-hydrogen) atoms. The lowest BCUT2D eigenvalue weighted by atomic mass is 9.71. The van der Waals surface area contributed by atoms with Gasteiger partial charge in [-0.15, -0.1) is 0 Å². The molecule has 0 aromatic heterocycles. The highest BCUT2D eigenvalue weighted by atomic mass is 17.4. The SMILES string of the molecule is CC1CC(C)C(C)C2(C1)OOC1(CC(C)CC(C)C1C)OO2. The third-order valence-electron chi connectivity index (χ3n) is 6.56. The minimum Gasteiger partial charge on any atom is -0.195 e. The Bertz CT molecular complexity index is 364. The Balaban J connectivity index is 1.76. The van der Waals surface area contributed by atoms with Crippen molar-refractivity contribution in [2.45, 2.75) is 78.8 Å². The molecule has 0 aromatic carbocycles. The van der Waals surface area contributed by atoms with Gasteiger partial charge in [-0.2, -0.15) is 19.6 Å². The van der Waals surface area contributed by atoms with Crippen LogP contribution in [0.5, 0.6) is 0 Å². The highest BCUT2D eigenvalue weighted by Crippen LogP contribution is 2.52. The molecule has 2 aliphatic carbocycles. The Morgan fingerprint density at radius 2 is 0.909 bits per heavy atom. The van der Waals surface area contributed by atoms with Gasteiger partial charge >= 0.3 is 0 Å². The Morgan fingerprint density at radius 1 is 0.591 bits per heavy atom. The van der Waals surface area contributed by atoms with Crippen molar-refractivity contribution in [1.29, 1.82) is 0 Å². The molecule has 1 aliphatic heterocycles. The summed E-state index contributed by atoms with van der Waals surface area (Å²) in [4.78, 5) is 23.9. The Morgan fingerprint density at radius 3 is 1.23 bits per heavy atom. The van der Waals surface area contributed by atoms with Gasteiger partial charge in [-0.3, -0.25) is 0 Å². The van der Waals surface area contributed by atoms with Gasteiger partial charge in [0.15, 0.2) is 0 Å². The van der Waals surface area contributed by atoms with E-state index in [-0.39, 0.29) is 11.8 Å². The van der Waals surface area contributed by atoms with Crippen LogP contribution in [0.25, 0.3) is 0 Å². The van der Waals surface area contributed by atoms with Crippen molar-refractivity contribution in [3.63, 3.8) is 0 Å². The molecule has 3 aliphatic rings. The fourth-order valence-electron chi connectivity index (χ4n) is 4.80. The molecule has 3 rings (SSSR count). The van der Waals surface area contributed by atoms with Gasteiger partial charge in [0, 0.05) is 24.7 Å². The molecule has 6 unspecified atom stereocenters. The van der Waals surface area contributed by atoms with Crippen LogP contribution in [0.3, 0.4) is 0 Å². The first kappa shape index (κ1) is 16.7. The summed E-state index contributed by atoms with van der Waals surface area (Å²) >= 11 is 0. The molecule has 1 heterocycles. The Kier molecular flexibility index (Phi) is 4.35. The van der Waals surface area contributed by atoms with Crippen LogP contribution in [-0.2, 0) is 19.6 Å². The fraction of sp³-hybridized carbons (Fsp3) is 1.00. The first-order chi connectivity index (χ1) is 10.3. The van der Waals surface area contributed by atoms with E-state index in [4.69, 9.17) is 19.6 Å². The molecule has 0 N–H and O–H groups in total. The standard InChI is InChI=1S/C18H32O4/c1-11-7-13(3)15(5)17(9-11)19-21-18(22-20-17)10-12(2)8-14(4)16(18)6/h11-16H,7-10H2,1-6H3. The lowest BCUT2D eigenvalue weighted by molar-refractivity contribution is -0.678. The largest absolute Gasteiger partial charge is 0.237 e. The summed E-state index contributed by atoms with van der Waals surface area (Å²) < 4.78 is 0. The van der Waals surface area contributed by atoms with Crippen LogP contribution < -0.4 is 0 Å². The van der Waals surface area contributed by atoms with Crippen molar-refractivity contribution in [2.24, 2.45) is 35.5 Å². The summed E-state index contributed by atoms with van der Waals surface area (Å²) in [6.45, 7) is 13.4. The first-order valence-corrected chi connectivity index (χ1v) is 9.01. The topological polar surface area (TPSA) is 36.9 Å². The zero-order valence-corrected chi connectivity index (χ0v) is 14.9. The van der Waals surface area contributed by atoms with Crippen LogP contribution in [0.4, 0.5) is 0 Å². The van der Waals surface area contributed by atoms with Crippen molar-refractivity contribution in [3.05, 3.63) is 0 Å². The average molecular weight is 312 g/mol. The van der Waals surface area contributed by atoms with Gasteiger partial charge in [0.2, 0.25) is 11.6 Å². The molecule has 2 saturated carbocycles. The monoisotopic (exact) mass is 312 g/mol. The molecule has 0 bridgehead atoms. The molecular formula is C18H32O4. The molecule has 0 radical (unpaired) electrons. The molecule has 0 aromatic rings. The second-order valence-electron chi connectivity index (χ2n) is 8.58. The molecule has 6 atom stereocenters. The second kappa shape index (κ2) is 5.73. The van der Waals surface area contributed by atoms with Crippen molar-refractivity contribution in [3.8, 4) is 0 Å². The maximum atomic E-state index is 5.97. The van der Waals surface area contributed by atoms with Crippen molar-refractivity contribution in [1.82, 2.24) is 0 Å². The quantitative estimate of drug-likeness (QED) is 0.608. The maximum Gasteiger partial charge on any atom is 0.237 e. The summed E-state index contributed by atoms with van der Waals surface area (Å²) in [6.07, 6.45) is 4.05. The minimum absolute atomic E-state index is 0.259. The van der Waals surface area contributed by atoms with Gasteiger partial charge < -0.3 is 0 Å². The van der Waals surface area contributed by atoms with E-state index in [1.807, 2.05) is 0 Å². The van der Waals surface area contributed by atoms with Gasteiger partial charge in [0.05, 0.1) is 0 Å². The van der Waals surface area contributed by atoms with E-state index in [1.54, 1.807) is 0 Å². The fourth-order valence-corrected chi connectivity index (χ4v) is 4.80. The van der Waals surface area contributed by atoms with Crippen LogP contribution in [-0.4, -0.2) is 11.6 Å². The second-order valence-corrected chi connectivity index (χ2v) is 8.58. The van der Waals surface area contributed by atoms with Crippen molar-refractivity contribution >= 4 is 0 Å². The maximum absolute atomic E-state index is 5.97. The van der Waals surface area contributed by atoms with Gasteiger partial charge in [-0.1, -0.05) is 41.5 Å². The van der Waals surface area contributed by atoms with E-state index in [2.05, 4.69) is 41.5 Å². The number of hydrogen-bond acceptors (Lipinski definition) is 4. The summed E-state index contributed by atoms with van der Waals surface area (Å²) in [5, 5.41) is 0. The summed E-state index contributed by atoms with van der Waals surface area (Å²) in [5.41, 5.74) is 0. The normalized spacial score (nSPS) is 56.5. The lowest BCUT2D eigenvalue weighted by Gasteiger charge is -2.54. The molecule has 3 fully saturated rings. The predicted molar refractivity (Wildman–Crippen MR) is 83.3 cm³/mol. The van der Waals surface area contributed by atoms with Crippen molar-refractivity contribution in [2.75, 3.05) is 0 Å². The predicted octanol–water partition coefficient (Wildman–Crippen LogP) is 4.69. The Hall–Kier alpha value is -0.160. The molecular weight excluding hydrogens is 280 g/mol. The molecule has 0 amide bonds. The summed E-state index contributed by atoms with van der Waals surface area (Å²) in [5.74, 6) is 1.20. The third-order valence-corrected chi connectivity index (χ3v) is 6.56. The van der Waals surface area contributed by atoms with Gasteiger partial charge in [-0.25, -0.2) is 0 Å². The van der Waals surface area contributed by atoms with E-state index in [0.29, 0.717) is 23.7 Å². The van der Waals surface area contributed by atoms with Crippen LogP contribution in [0.2, 0.25) is 0 Å². The summed E-state index contributed by atoms with van der Waals surface area (Å²) in [6, 6.07) is 0. The number of hydrogen-bond donors (Lipinski definition) is 0. The van der Waals surface area contributed by atoms with E-state index in [1.165, 1.54) is 12.8 Å². The summed E-state index contributed by atoms with van der Waals surface area (Å²) in [7, 11) is 0. The average Bonchev–Trinajstić information content (AvgIpc) is 2.45. The zero-order valence-electron chi connectivity index (χ0n) is 14.9. The van der Waals surface area contributed by atoms with Gasteiger partial charge in [-0.05, 0) is 36.5 Å². The highest BCUT2D eigenvalue weighted by molar-refractivity contribution is 4.91. The number of rotatable bonds is 0. The van der Waals surface area contributed by atoms with Crippen molar-refractivity contribution < 1.29 is 19.6 Å². The van der Waals surface area contributed by atoms with Gasteiger partial charge in [0.1, 0.15) is 0 Å². The molecule has 4 heteroatoms. The molecule has 4 nitrogen and oxygen atoms in total. The minimum atomic E-state index is -0.744. The highest BCUT2D eigenvalue weighted by Gasteiger charge is 2.59. The van der Waals surface area contributed by atoms with E-state index in [9.17, 15) is 0 Å². The van der Waals surface area contributed by atoms with E-state index < -0.39 is 11.6 Å². The molecule has 2 spiro atoms.